The molecular formula is C8H11F3N2. The van der Waals surface area contributed by atoms with Gasteiger partial charge in [0.15, 0.2) is 0 Å². The van der Waals surface area contributed by atoms with Crippen molar-refractivity contribution in [2.24, 2.45) is 17.4 Å². The van der Waals surface area contributed by atoms with Crippen LogP contribution in [0.25, 0.3) is 0 Å². The quantitative estimate of drug-likeness (QED) is 0.607. The molecule has 0 bridgehead atoms. The molecule has 0 saturated carbocycles. The summed E-state index contributed by atoms with van der Waals surface area (Å²) in [5, 5.41) is 0. The summed E-state index contributed by atoms with van der Waals surface area (Å²) in [4.78, 5) is 0. The van der Waals surface area contributed by atoms with E-state index >= 15 is 0 Å². The number of nitrogens with two attached hydrogens (primary N) is 2. The van der Waals surface area contributed by atoms with Gasteiger partial charge in [-0.25, -0.2) is 0 Å². The molecule has 0 fully saturated rings. The SMILES string of the molecule is CC1C(N)=CC(C(F)(F)F)=CC1N. The zero-order valence-electron chi connectivity index (χ0n) is 7.10. The van der Waals surface area contributed by atoms with E-state index in [0.29, 0.717) is 0 Å². The van der Waals surface area contributed by atoms with Gasteiger partial charge in [0, 0.05) is 17.7 Å². The highest BCUT2D eigenvalue weighted by molar-refractivity contribution is 5.34. The molecule has 1 rings (SSSR count). The van der Waals surface area contributed by atoms with Crippen LogP contribution in [-0.2, 0) is 0 Å². The lowest BCUT2D eigenvalue weighted by atomic mass is 9.91. The first-order valence-electron chi connectivity index (χ1n) is 3.84. The van der Waals surface area contributed by atoms with E-state index in [2.05, 4.69) is 0 Å². The lowest BCUT2D eigenvalue weighted by molar-refractivity contribution is -0.0889. The Hall–Kier alpha value is -0.970. The van der Waals surface area contributed by atoms with E-state index in [-0.39, 0.29) is 11.6 Å². The Balaban J connectivity index is 2.98. The van der Waals surface area contributed by atoms with E-state index in [0.717, 1.165) is 12.2 Å². The Morgan fingerprint density at radius 1 is 1.38 bits per heavy atom. The molecule has 0 amide bonds. The van der Waals surface area contributed by atoms with Crippen molar-refractivity contribution in [3.8, 4) is 0 Å². The van der Waals surface area contributed by atoms with E-state index in [4.69, 9.17) is 11.5 Å². The van der Waals surface area contributed by atoms with E-state index in [1.165, 1.54) is 0 Å². The molecule has 0 spiro atoms. The number of rotatable bonds is 0. The van der Waals surface area contributed by atoms with Gasteiger partial charge in [-0.1, -0.05) is 13.0 Å². The standard InChI is InChI=1S/C8H11F3N2/c1-4-6(12)2-5(3-7(4)13)8(9,10)11/h2-4,6H,12-13H2,1H3. The van der Waals surface area contributed by atoms with Crippen molar-refractivity contribution < 1.29 is 13.2 Å². The smallest absolute Gasteiger partial charge is 0.402 e. The fourth-order valence-electron chi connectivity index (χ4n) is 1.11. The van der Waals surface area contributed by atoms with Crippen molar-refractivity contribution in [1.82, 2.24) is 0 Å². The van der Waals surface area contributed by atoms with Crippen LogP contribution in [0.2, 0.25) is 0 Å². The number of alkyl halides is 3. The summed E-state index contributed by atoms with van der Waals surface area (Å²) in [7, 11) is 0. The fourth-order valence-corrected chi connectivity index (χ4v) is 1.11. The van der Waals surface area contributed by atoms with Gasteiger partial charge in [0.2, 0.25) is 0 Å². The third kappa shape index (κ3) is 2.03. The molecule has 0 aliphatic heterocycles. The number of halogens is 3. The molecule has 1 aliphatic rings. The van der Waals surface area contributed by atoms with Crippen LogP contribution < -0.4 is 11.5 Å². The Morgan fingerprint density at radius 2 is 1.92 bits per heavy atom. The Kier molecular flexibility index (Phi) is 2.38. The third-order valence-electron chi connectivity index (χ3n) is 2.12. The average Bonchev–Trinajstić information content (AvgIpc) is 1.97. The van der Waals surface area contributed by atoms with Crippen molar-refractivity contribution in [1.29, 1.82) is 0 Å². The largest absolute Gasteiger partial charge is 0.416 e. The van der Waals surface area contributed by atoms with Gasteiger partial charge in [-0.3, -0.25) is 0 Å². The minimum atomic E-state index is -4.36. The molecule has 0 aromatic carbocycles. The number of allylic oxidation sites excluding steroid dienone is 2. The molecule has 2 atom stereocenters. The Morgan fingerprint density at radius 3 is 2.31 bits per heavy atom. The second-order valence-electron chi connectivity index (χ2n) is 3.13. The van der Waals surface area contributed by atoms with Gasteiger partial charge in [-0.2, -0.15) is 13.2 Å². The van der Waals surface area contributed by atoms with Crippen molar-refractivity contribution in [3.05, 3.63) is 23.4 Å². The summed E-state index contributed by atoms with van der Waals surface area (Å²) in [6, 6.07) is -0.651. The predicted octanol–water partition coefficient (Wildman–Crippen LogP) is 1.29. The van der Waals surface area contributed by atoms with Gasteiger partial charge < -0.3 is 11.5 Å². The van der Waals surface area contributed by atoms with Gasteiger partial charge in [-0.15, -0.1) is 0 Å². The maximum atomic E-state index is 12.2. The molecule has 2 nitrogen and oxygen atoms in total. The molecular weight excluding hydrogens is 181 g/mol. The zero-order chi connectivity index (χ0) is 10.2. The van der Waals surface area contributed by atoms with E-state index in [1.807, 2.05) is 0 Å². The van der Waals surface area contributed by atoms with Crippen LogP contribution in [0.5, 0.6) is 0 Å². The van der Waals surface area contributed by atoms with Crippen LogP contribution in [0, 0.1) is 5.92 Å². The second kappa shape index (κ2) is 3.06. The van der Waals surface area contributed by atoms with Gasteiger partial charge >= 0.3 is 6.18 Å². The highest BCUT2D eigenvalue weighted by atomic mass is 19.4. The molecule has 74 valence electrons. The summed E-state index contributed by atoms with van der Waals surface area (Å²) in [6.07, 6.45) is -2.42. The third-order valence-corrected chi connectivity index (χ3v) is 2.12. The van der Waals surface area contributed by atoms with Crippen molar-refractivity contribution in [3.63, 3.8) is 0 Å². The maximum Gasteiger partial charge on any atom is 0.416 e. The minimum Gasteiger partial charge on any atom is -0.402 e. The molecule has 1 aliphatic carbocycles. The van der Waals surface area contributed by atoms with Crippen LogP contribution in [0.1, 0.15) is 6.92 Å². The van der Waals surface area contributed by atoms with Gasteiger partial charge in [0.1, 0.15) is 0 Å². The number of hydrogen-bond donors (Lipinski definition) is 2. The van der Waals surface area contributed by atoms with Crippen molar-refractivity contribution in [2.75, 3.05) is 0 Å². The summed E-state index contributed by atoms with van der Waals surface area (Å²) in [6.45, 7) is 1.69. The Labute approximate surface area is 74.1 Å². The van der Waals surface area contributed by atoms with E-state index in [1.54, 1.807) is 6.92 Å². The maximum absolute atomic E-state index is 12.2. The van der Waals surface area contributed by atoms with Crippen LogP contribution >= 0.6 is 0 Å². The summed E-state index contributed by atoms with van der Waals surface area (Å²) in [5.74, 6) is -0.230. The average molecular weight is 192 g/mol. The zero-order valence-corrected chi connectivity index (χ0v) is 7.10. The first-order valence-corrected chi connectivity index (χ1v) is 3.84. The van der Waals surface area contributed by atoms with Crippen LogP contribution in [0.15, 0.2) is 23.4 Å². The van der Waals surface area contributed by atoms with Gasteiger partial charge in [0.05, 0.1) is 5.57 Å². The van der Waals surface area contributed by atoms with Gasteiger partial charge in [-0.05, 0) is 6.08 Å². The predicted molar refractivity (Wildman–Crippen MR) is 43.5 cm³/mol. The summed E-state index contributed by atoms with van der Waals surface area (Å²) in [5.41, 5.74) is 10.3. The summed E-state index contributed by atoms with van der Waals surface area (Å²) < 4.78 is 36.6. The van der Waals surface area contributed by atoms with Crippen LogP contribution in [0.3, 0.4) is 0 Å². The van der Waals surface area contributed by atoms with Crippen molar-refractivity contribution in [2.45, 2.75) is 19.1 Å². The highest BCUT2D eigenvalue weighted by Gasteiger charge is 2.35. The first kappa shape index (κ1) is 10.1. The van der Waals surface area contributed by atoms with E-state index in [9.17, 15) is 13.2 Å². The number of hydrogen-bond acceptors (Lipinski definition) is 2. The van der Waals surface area contributed by atoms with Crippen LogP contribution in [0.4, 0.5) is 13.2 Å². The highest BCUT2D eigenvalue weighted by Crippen LogP contribution is 2.31. The normalized spacial score (nSPS) is 29.6. The molecule has 0 saturated heterocycles. The lowest BCUT2D eigenvalue weighted by Crippen LogP contribution is -2.34. The monoisotopic (exact) mass is 192 g/mol. The second-order valence-corrected chi connectivity index (χ2v) is 3.13. The molecule has 0 radical (unpaired) electrons. The molecule has 0 aromatic heterocycles. The molecule has 5 heteroatoms. The molecule has 0 heterocycles. The Bertz CT molecular complexity index is 265. The topological polar surface area (TPSA) is 52.0 Å². The van der Waals surface area contributed by atoms with E-state index < -0.39 is 17.8 Å². The molecule has 0 aromatic rings. The van der Waals surface area contributed by atoms with Crippen LogP contribution in [-0.4, -0.2) is 12.2 Å². The van der Waals surface area contributed by atoms with Crippen molar-refractivity contribution >= 4 is 0 Å². The fraction of sp³-hybridized carbons (Fsp3) is 0.500. The van der Waals surface area contributed by atoms with Gasteiger partial charge in [0.25, 0.3) is 0 Å². The molecule has 2 unspecified atom stereocenters. The lowest BCUT2D eigenvalue weighted by Gasteiger charge is -2.24. The first-order chi connectivity index (χ1) is 5.82. The molecule has 13 heavy (non-hydrogen) atoms. The minimum absolute atomic E-state index is 0.183. The summed E-state index contributed by atoms with van der Waals surface area (Å²) >= 11 is 0. The molecule has 4 N–H and O–H groups in total.